The molecule has 1 aromatic heterocycles. The van der Waals surface area contributed by atoms with E-state index in [2.05, 4.69) is 164 Å². The molecule has 0 N–H and O–H groups in total. The summed E-state index contributed by atoms with van der Waals surface area (Å²) in [4.78, 5) is 15.5. The molecule has 0 fully saturated rings. The number of nitrogens with zero attached hydrogens (tertiary/aromatic N) is 3. The van der Waals surface area contributed by atoms with Gasteiger partial charge in [-0.3, -0.25) is 0 Å². The molecule has 222 valence electrons. The molecular weight excluding hydrogens is 583 g/mol. The third-order valence-electron chi connectivity index (χ3n) is 9.65. The Morgan fingerprint density at radius 1 is 0.229 bits per heavy atom. The molecule has 0 saturated heterocycles. The van der Waals surface area contributed by atoms with Gasteiger partial charge >= 0.3 is 0 Å². The van der Waals surface area contributed by atoms with Crippen LogP contribution in [0.15, 0.2) is 164 Å². The lowest BCUT2D eigenvalue weighted by atomic mass is 9.99. The second-order valence-corrected chi connectivity index (χ2v) is 12.5. The van der Waals surface area contributed by atoms with Crippen molar-refractivity contribution < 1.29 is 0 Å². The van der Waals surface area contributed by atoms with E-state index in [1.165, 1.54) is 64.6 Å². The molecule has 0 aliphatic rings. The molecule has 3 heteroatoms. The first-order valence-corrected chi connectivity index (χ1v) is 16.3. The number of hydrogen-bond acceptors (Lipinski definition) is 3. The lowest BCUT2D eigenvalue weighted by molar-refractivity contribution is 1.08. The Balaban J connectivity index is 1.22. The average Bonchev–Trinajstić information content (AvgIpc) is 3.17. The number of benzene rings is 9. The second-order valence-electron chi connectivity index (χ2n) is 12.5. The monoisotopic (exact) mass is 609 g/mol. The molecule has 48 heavy (non-hydrogen) atoms. The van der Waals surface area contributed by atoms with E-state index in [0.717, 1.165) is 16.7 Å². The van der Waals surface area contributed by atoms with Crippen LogP contribution in [0.4, 0.5) is 0 Å². The van der Waals surface area contributed by atoms with Crippen LogP contribution in [0.3, 0.4) is 0 Å². The summed E-state index contributed by atoms with van der Waals surface area (Å²) in [6.45, 7) is 0. The van der Waals surface area contributed by atoms with Crippen molar-refractivity contribution >= 4 is 64.6 Å². The lowest BCUT2D eigenvalue weighted by Crippen LogP contribution is -2.00. The van der Waals surface area contributed by atoms with Gasteiger partial charge in [0.05, 0.1) is 0 Å². The van der Waals surface area contributed by atoms with E-state index < -0.39 is 0 Å². The van der Waals surface area contributed by atoms with Gasteiger partial charge in [-0.1, -0.05) is 146 Å². The quantitative estimate of drug-likeness (QED) is 0.187. The van der Waals surface area contributed by atoms with E-state index in [-0.39, 0.29) is 0 Å². The van der Waals surface area contributed by atoms with E-state index in [4.69, 9.17) is 15.0 Å². The topological polar surface area (TPSA) is 38.7 Å². The van der Waals surface area contributed by atoms with Crippen molar-refractivity contribution in [3.05, 3.63) is 164 Å². The smallest absolute Gasteiger partial charge is 0.164 e. The van der Waals surface area contributed by atoms with Crippen LogP contribution in [-0.4, -0.2) is 15.0 Å². The fraction of sp³-hybridized carbons (Fsp3) is 0. The lowest BCUT2D eigenvalue weighted by Gasteiger charge is -2.12. The van der Waals surface area contributed by atoms with Crippen molar-refractivity contribution in [2.75, 3.05) is 0 Å². The maximum absolute atomic E-state index is 5.16. The summed E-state index contributed by atoms with van der Waals surface area (Å²) in [5.74, 6) is 1.96. The van der Waals surface area contributed by atoms with Crippen molar-refractivity contribution in [2.45, 2.75) is 0 Å². The molecule has 0 radical (unpaired) electrons. The summed E-state index contributed by atoms with van der Waals surface area (Å²) in [5, 5.41) is 14.4. The predicted molar refractivity (Wildman–Crippen MR) is 201 cm³/mol. The molecule has 0 spiro atoms. The van der Waals surface area contributed by atoms with Crippen molar-refractivity contribution in [1.82, 2.24) is 15.0 Å². The van der Waals surface area contributed by atoms with Gasteiger partial charge in [-0.05, 0) is 82.8 Å². The highest BCUT2D eigenvalue weighted by Gasteiger charge is 2.15. The van der Waals surface area contributed by atoms with E-state index in [1.54, 1.807) is 0 Å². The highest BCUT2D eigenvalue weighted by Crippen LogP contribution is 2.34. The maximum Gasteiger partial charge on any atom is 0.164 e. The zero-order chi connectivity index (χ0) is 31.6. The molecular formula is C45H27N3. The maximum atomic E-state index is 5.16. The molecule has 0 unspecified atom stereocenters. The molecule has 0 amide bonds. The van der Waals surface area contributed by atoms with Crippen molar-refractivity contribution in [2.24, 2.45) is 0 Å². The minimum Gasteiger partial charge on any atom is -0.208 e. The summed E-state index contributed by atoms with van der Waals surface area (Å²) < 4.78 is 0. The first-order valence-electron chi connectivity index (χ1n) is 16.3. The Kier molecular flexibility index (Phi) is 5.87. The van der Waals surface area contributed by atoms with Crippen LogP contribution in [0.25, 0.3) is 98.8 Å². The molecule has 10 rings (SSSR count). The molecule has 0 aliphatic carbocycles. The van der Waals surface area contributed by atoms with Crippen molar-refractivity contribution in [3.63, 3.8) is 0 Å². The van der Waals surface area contributed by atoms with E-state index in [9.17, 15) is 0 Å². The SMILES string of the molecule is c1ccc2c(c1)ccc1ccc(-c3nc(-c4ccc5ccc6ccccc6c5c4)nc(-c4ccc5ccc6ccccc6c5c4)n3)cc12. The fourth-order valence-electron chi connectivity index (χ4n) is 7.19. The number of fused-ring (bicyclic) bond motifs is 9. The van der Waals surface area contributed by atoms with Gasteiger partial charge in [0.25, 0.3) is 0 Å². The van der Waals surface area contributed by atoms with E-state index >= 15 is 0 Å². The Morgan fingerprint density at radius 2 is 0.479 bits per heavy atom. The van der Waals surface area contributed by atoms with Gasteiger partial charge in [-0.2, -0.15) is 0 Å². The largest absolute Gasteiger partial charge is 0.208 e. The fourth-order valence-corrected chi connectivity index (χ4v) is 7.19. The van der Waals surface area contributed by atoms with Crippen LogP contribution in [0.5, 0.6) is 0 Å². The number of aromatic nitrogens is 3. The van der Waals surface area contributed by atoms with Gasteiger partial charge in [0, 0.05) is 16.7 Å². The minimum atomic E-state index is 0.654. The highest BCUT2D eigenvalue weighted by atomic mass is 15.0. The summed E-state index contributed by atoms with van der Waals surface area (Å²) in [7, 11) is 0. The van der Waals surface area contributed by atoms with Gasteiger partial charge in [-0.25, -0.2) is 15.0 Å². The zero-order valence-electron chi connectivity index (χ0n) is 25.9. The predicted octanol–water partition coefficient (Wildman–Crippen LogP) is 11.8. The minimum absolute atomic E-state index is 0.654. The standard InChI is InChI=1S/C45H27N3/c1-4-10-37-28(7-1)13-16-31-19-22-34(25-40(31)37)43-46-44(35-23-20-32-17-14-29-8-2-5-11-38(29)41(32)26-35)48-45(47-43)36-24-21-33-18-15-30-9-3-6-12-39(30)42(33)27-36/h1-27H. The summed E-state index contributed by atoms with van der Waals surface area (Å²) >= 11 is 0. The Labute approximate surface area is 276 Å². The number of hydrogen-bond donors (Lipinski definition) is 0. The molecule has 10 aromatic rings. The van der Waals surface area contributed by atoms with Crippen molar-refractivity contribution in [3.8, 4) is 34.2 Å². The number of rotatable bonds is 3. The van der Waals surface area contributed by atoms with Crippen LogP contribution in [0.2, 0.25) is 0 Å². The molecule has 1 heterocycles. The van der Waals surface area contributed by atoms with E-state index in [1.807, 2.05) is 0 Å². The van der Waals surface area contributed by atoms with Crippen LogP contribution >= 0.6 is 0 Å². The van der Waals surface area contributed by atoms with Crippen LogP contribution < -0.4 is 0 Å². The second kappa shape index (κ2) is 10.5. The van der Waals surface area contributed by atoms with Gasteiger partial charge in [-0.15, -0.1) is 0 Å². The van der Waals surface area contributed by atoms with E-state index in [0.29, 0.717) is 17.5 Å². The van der Waals surface area contributed by atoms with Gasteiger partial charge in [0.1, 0.15) is 0 Å². The first-order chi connectivity index (χ1) is 23.7. The average molecular weight is 610 g/mol. The highest BCUT2D eigenvalue weighted by molar-refractivity contribution is 6.10. The first kappa shape index (κ1) is 26.7. The molecule has 0 aliphatic heterocycles. The molecule has 9 aromatic carbocycles. The Hall–Kier alpha value is -6.45. The van der Waals surface area contributed by atoms with Crippen LogP contribution in [0.1, 0.15) is 0 Å². The third kappa shape index (κ3) is 4.33. The molecule has 0 atom stereocenters. The summed E-state index contributed by atoms with van der Waals surface area (Å²) in [6.07, 6.45) is 0. The Morgan fingerprint density at radius 3 is 0.792 bits per heavy atom. The third-order valence-corrected chi connectivity index (χ3v) is 9.65. The van der Waals surface area contributed by atoms with Gasteiger partial charge in [0.2, 0.25) is 0 Å². The zero-order valence-corrected chi connectivity index (χ0v) is 25.9. The normalized spacial score (nSPS) is 11.8. The Bertz CT molecular complexity index is 2580. The van der Waals surface area contributed by atoms with Gasteiger partial charge in [0.15, 0.2) is 17.5 Å². The summed E-state index contributed by atoms with van der Waals surface area (Å²) in [5.41, 5.74) is 2.88. The van der Waals surface area contributed by atoms with Crippen LogP contribution in [0, 0.1) is 0 Å². The summed E-state index contributed by atoms with van der Waals surface area (Å²) in [6, 6.07) is 58.3. The van der Waals surface area contributed by atoms with Gasteiger partial charge < -0.3 is 0 Å². The molecule has 0 bridgehead atoms. The van der Waals surface area contributed by atoms with Crippen LogP contribution in [-0.2, 0) is 0 Å². The molecule has 0 saturated carbocycles. The van der Waals surface area contributed by atoms with Crippen molar-refractivity contribution in [1.29, 1.82) is 0 Å². The molecule has 3 nitrogen and oxygen atoms in total.